The summed E-state index contributed by atoms with van der Waals surface area (Å²) in [6.07, 6.45) is 0. The van der Waals surface area contributed by atoms with E-state index in [1.54, 1.807) is 36.4 Å². The SMILES string of the molecule is COc1ccc(S(=O)(=O)N(CC(=O)Nc2ccccc2F)c2ccccc2)cc1OC. The van der Waals surface area contributed by atoms with E-state index in [0.29, 0.717) is 5.75 Å². The highest BCUT2D eigenvalue weighted by molar-refractivity contribution is 7.92. The average molecular weight is 444 g/mol. The van der Waals surface area contributed by atoms with Crippen molar-refractivity contribution in [2.45, 2.75) is 4.90 Å². The number of methoxy groups -OCH3 is 2. The summed E-state index contributed by atoms with van der Waals surface area (Å²) in [5, 5.41) is 2.41. The maximum absolute atomic E-state index is 13.9. The molecule has 3 aromatic rings. The van der Waals surface area contributed by atoms with Gasteiger partial charge >= 0.3 is 0 Å². The fourth-order valence-electron chi connectivity index (χ4n) is 2.90. The summed E-state index contributed by atoms with van der Waals surface area (Å²) in [7, 11) is -1.33. The lowest BCUT2D eigenvalue weighted by atomic mass is 10.3. The van der Waals surface area contributed by atoms with Crippen LogP contribution in [0.4, 0.5) is 15.8 Å². The molecule has 0 bridgehead atoms. The van der Waals surface area contributed by atoms with Crippen molar-refractivity contribution in [2.24, 2.45) is 0 Å². The predicted molar refractivity (Wildman–Crippen MR) is 116 cm³/mol. The molecule has 7 nitrogen and oxygen atoms in total. The van der Waals surface area contributed by atoms with Crippen molar-refractivity contribution in [1.29, 1.82) is 0 Å². The zero-order chi connectivity index (χ0) is 22.4. The molecule has 162 valence electrons. The van der Waals surface area contributed by atoms with Crippen molar-refractivity contribution < 1.29 is 27.1 Å². The van der Waals surface area contributed by atoms with Gasteiger partial charge in [-0.15, -0.1) is 0 Å². The Morgan fingerprint density at radius 3 is 2.23 bits per heavy atom. The van der Waals surface area contributed by atoms with Crippen molar-refractivity contribution in [2.75, 3.05) is 30.4 Å². The molecule has 9 heteroatoms. The molecule has 0 aromatic heterocycles. The fraction of sp³-hybridized carbons (Fsp3) is 0.136. The number of amides is 1. The minimum atomic E-state index is -4.17. The zero-order valence-electron chi connectivity index (χ0n) is 16.9. The molecule has 3 rings (SSSR count). The van der Waals surface area contributed by atoms with Gasteiger partial charge in [-0.05, 0) is 36.4 Å². The maximum Gasteiger partial charge on any atom is 0.264 e. The van der Waals surface area contributed by atoms with Crippen LogP contribution >= 0.6 is 0 Å². The second-order valence-corrected chi connectivity index (χ2v) is 8.25. The third-order valence-electron chi connectivity index (χ3n) is 4.42. The first kappa shape index (κ1) is 22.1. The van der Waals surface area contributed by atoms with E-state index in [0.717, 1.165) is 4.31 Å². The topological polar surface area (TPSA) is 84.9 Å². The molecule has 0 atom stereocenters. The van der Waals surface area contributed by atoms with Crippen LogP contribution in [0, 0.1) is 5.82 Å². The van der Waals surface area contributed by atoms with Gasteiger partial charge in [-0.3, -0.25) is 9.10 Å². The Hall–Kier alpha value is -3.59. The Balaban J connectivity index is 1.97. The van der Waals surface area contributed by atoms with Crippen molar-refractivity contribution in [1.82, 2.24) is 0 Å². The number of hydrogen-bond acceptors (Lipinski definition) is 5. The van der Waals surface area contributed by atoms with Crippen LogP contribution in [0.25, 0.3) is 0 Å². The van der Waals surface area contributed by atoms with E-state index in [1.165, 1.54) is 50.6 Å². The molecule has 0 aliphatic heterocycles. The number of rotatable bonds is 8. The average Bonchev–Trinajstić information content (AvgIpc) is 2.79. The van der Waals surface area contributed by atoms with E-state index < -0.39 is 28.3 Å². The molecule has 1 amide bonds. The van der Waals surface area contributed by atoms with Gasteiger partial charge in [0.2, 0.25) is 5.91 Å². The summed E-state index contributed by atoms with van der Waals surface area (Å²) in [6, 6.07) is 18.0. The predicted octanol–water partition coefficient (Wildman–Crippen LogP) is 3.68. The van der Waals surface area contributed by atoms with E-state index in [-0.39, 0.29) is 22.0 Å². The minimum absolute atomic E-state index is 0.0379. The van der Waals surface area contributed by atoms with Crippen LogP contribution in [0.15, 0.2) is 77.7 Å². The third-order valence-corrected chi connectivity index (χ3v) is 6.19. The zero-order valence-corrected chi connectivity index (χ0v) is 17.7. The molecular weight excluding hydrogens is 423 g/mol. The standard InChI is InChI=1S/C22H21FN2O5S/c1-29-20-13-12-17(14-21(20)30-2)31(27,28)25(16-8-4-3-5-9-16)15-22(26)24-19-11-7-6-10-18(19)23/h3-14H,15H2,1-2H3,(H,24,26). The number of sulfonamides is 1. The van der Waals surface area contributed by atoms with Crippen LogP contribution in [0.3, 0.4) is 0 Å². The molecule has 1 N–H and O–H groups in total. The number of nitrogens with zero attached hydrogens (tertiary/aromatic N) is 1. The molecule has 0 saturated heterocycles. The Kier molecular flexibility index (Phi) is 6.76. The Morgan fingerprint density at radius 2 is 1.58 bits per heavy atom. The second kappa shape index (κ2) is 9.48. The molecule has 0 radical (unpaired) electrons. The van der Waals surface area contributed by atoms with E-state index in [1.807, 2.05) is 0 Å². The first-order valence-electron chi connectivity index (χ1n) is 9.21. The van der Waals surface area contributed by atoms with Gasteiger partial charge in [0.05, 0.1) is 30.5 Å². The second-order valence-electron chi connectivity index (χ2n) is 6.39. The molecule has 0 heterocycles. The van der Waals surface area contributed by atoms with Gasteiger partial charge in [-0.25, -0.2) is 12.8 Å². The van der Waals surface area contributed by atoms with Crippen LogP contribution < -0.4 is 19.1 Å². The third kappa shape index (κ3) is 4.95. The van der Waals surface area contributed by atoms with Gasteiger partial charge in [0.1, 0.15) is 12.4 Å². The summed E-state index contributed by atoms with van der Waals surface area (Å²) in [6.45, 7) is -0.560. The molecule has 31 heavy (non-hydrogen) atoms. The Labute approximate surface area is 180 Å². The van der Waals surface area contributed by atoms with Gasteiger partial charge < -0.3 is 14.8 Å². The molecule has 0 saturated carbocycles. The Bertz CT molecular complexity index is 1170. The quantitative estimate of drug-likeness (QED) is 0.573. The number of hydrogen-bond donors (Lipinski definition) is 1. The Morgan fingerprint density at radius 1 is 0.935 bits per heavy atom. The monoisotopic (exact) mass is 444 g/mol. The fourth-order valence-corrected chi connectivity index (χ4v) is 4.33. The maximum atomic E-state index is 13.9. The molecule has 0 unspecified atom stereocenters. The number of para-hydroxylation sites is 2. The first-order chi connectivity index (χ1) is 14.9. The van der Waals surface area contributed by atoms with Gasteiger partial charge in [0, 0.05) is 6.07 Å². The minimum Gasteiger partial charge on any atom is -0.493 e. The largest absolute Gasteiger partial charge is 0.493 e. The lowest BCUT2D eigenvalue weighted by molar-refractivity contribution is -0.114. The number of nitrogens with one attached hydrogen (secondary N) is 1. The van der Waals surface area contributed by atoms with E-state index >= 15 is 0 Å². The van der Waals surface area contributed by atoms with Crippen LogP contribution in [0.1, 0.15) is 0 Å². The molecule has 0 aliphatic carbocycles. The number of anilines is 2. The number of carbonyl (C=O) groups is 1. The lowest BCUT2D eigenvalue weighted by Crippen LogP contribution is -2.38. The number of carbonyl (C=O) groups excluding carboxylic acids is 1. The van der Waals surface area contributed by atoms with Gasteiger partial charge in [-0.1, -0.05) is 30.3 Å². The van der Waals surface area contributed by atoms with E-state index in [9.17, 15) is 17.6 Å². The van der Waals surface area contributed by atoms with Crippen LogP contribution in [0.5, 0.6) is 11.5 Å². The summed E-state index contributed by atoms with van der Waals surface area (Å²) in [5.41, 5.74) is 0.241. The smallest absolute Gasteiger partial charge is 0.264 e. The lowest BCUT2D eigenvalue weighted by Gasteiger charge is -2.24. The normalized spacial score (nSPS) is 10.9. The van der Waals surface area contributed by atoms with Gasteiger partial charge in [0.25, 0.3) is 10.0 Å². The van der Waals surface area contributed by atoms with Crippen LogP contribution in [-0.4, -0.2) is 35.1 Å². The molecular formula is C22H21FN2O5S. The van der Waals surface area contributed by atoms with Crippen molar-refractivity contribution in [3.05, 3.63) is 78.6 Å². The van der Waals surface area contributed by atoms with Crippen LogP contribution in [0.2, 0.25) is 0 Å². The molecule has 3 aromatic carbocycles. The number of ether oxygens (including phenoxy) is 2. The van der Waals surface area contributed by atoms with Crippen molar-refractivity contribution in [3.63, 3.8) is 0 Å². The van der Waals surface area contributed by atoms with E-state index in [4.69, 9.17) is 9.47 Å². The summed E-state index contributed by atoms with van der Waals surface area (Å²) in [4.78, 5) is 12.5. The highest BCUT2D eigenvalue weighted by atomic mass is 32.2. The highest BCUT2D eigenvalue weighted by Crippen LogP contribution is 2.32. The van der Waals surface area contributed by atoms with E-state index in [2.05, 4.69) is 5.32 Å². The van der Waals surface area contributed by atoms with Crippen LogP contribution in [-0.2, 0) is 14.8 Å². The number of benzene rings is 3. The molecule has 0 fully saturated rings. The molecule has 0 spiro atoms. The summed E-state index contributed by atoms with van der Waals surface area (Å²) >= 11 is 0. The van der Waals surface area contributed by atoms with Crippen molar-refractivity contribution in [3.8, 4) is 11.5 Å². The first-order valence-corrected chi connectivity index (χ1v) is 10.6. The highest BCUT2D eigenvalue weighted by Gasteiger charge is 2.28. The molecule has 0 aliphatic rings. The van der Waals surface area contributed by atoms with Gasteiger partial charge in [0.15, 0.2) is 11.5 Å². The number of halogens is 1. The summed E-state index contributed by atoms with van der Waals surface area (Å²) < 4.78 is 52.1. The summed E-state index contributed by atoms with van der Waals surface area (Å²) in [5.74, 6) is -0.722. The van der Waals surface area contributed by atoms with Gasteiger partial charge in [-0.2, -0.15) is 0 Å². The van der Waals surface area contributed by atoms with Crippen molar-refractivity contribution >= 4 is 27.3 Å².